The smallest absolute Gasteiger partial charge is 0.175 e. The lowest BCUT2D eigenvalue weighted by molar-refractivity contribution is 0.102. The quantitative estimate of drug-likeness (QED) is 0.552. The first kappa shape index (κ1) is 14.1. The zero-order valence-corrected chi connectivity index (χ0v) is 11.1. The van der Waals surface area contributed by atoms with Crippen molar-refractivity contribution in [1.82, 2.24) is 0 Å². The van der Waals surface area contributed by atoms with E-state index < -0.39 is 10.8 Å². The Morgan fingerprint density at radius 1 is 1.35 bits per heavy atom. The van der Waals surface area contributed by atoms with E-state index in [2.05, 4.69) is 0 Å². The molecule has 4 heteroatoms. The highest BCUT2D eigenvalue weighted by Crippen LogP contribution is 2.08. The van der Waals surface area contributed by atoms with E-state index in [0.717, 1.165) is 12.0 Å². The molecule has 0 aliphatic heterocycles. The largest absolute Gasteiger partial charge is 0.385 e. The highest BCUT2D eigenvalue weighted by atomic mass is 32.2. The summed E-state index contributed by atoms with van der Waals surface area (Å²) in [7, 11) is 0.523. The maximum absolute atomic E-state index is 11.9. The lowest BCUT2D eigenvalue weighted by Crippen LogP contribution is -2.15. The Balaban J connectivity index is 2.49. The second-order valence-corrected chi connectivity index (χ2v) is 5.45. The average molecular weight is 254 g/mol. The van der Waals surface area contributed by atoms with Crippen LogP contribution in [-0.4, -0.2) is 35.2 Å². The van der Waals surface area contributed by atoms with Crippen LogP contribution in [0.25, 0.3) is 0 Å². The molecule has 0 spiro atoms. The van der Waals surface area contributed by atoms with Gasteiger partial charge in [0.05, 0.1) is 5.75 Å². The number of Topliss-reactive ketones (excluding diaryl/α,β-unsaturated/α-hetero) is 1. The topological polar surface area (TPSA) is 43.4 Å². The van der Waals surface area contributed by atoms with Gasteiger partial charge in [0.1, 0.15) is 0 Å². The summed E-state index contributed by atoms with van der Waals surface area (Å²) in [6.45, 7) is 2.48. The van der Waals surface area contributed by atoms with Gasteiger partial charge in [0, 0.05) is 35.8 Å². The molecule has 0 N–H and O–H groups in total. The zero-order chi connectivity index (χ0) is 12.7. The number of carbonyl (C=O) groups is 1. The molecule has 1 atom stereocenters. The minimum Gasteiger partial charge on any atom is -0.385 e. The van der Waals surface area contributed by atoms with E-state index >= 15 is 0 Å². The van der Waals surface area contributed by atoms with Gasteiger partial charge < -0.3 is 4.74 Å². The van der Waals surface area contributed by atoms with E-state index in [1.54, 1.807) is 13.2 Å². The molecule has 0 aromatic heterocycles. The van der Waals surface area contributed by atoms with Crippen LogP contribution in [0.5, 0.6) is 0 Å². The first-order valence-corrected chi connectivity index (χ1v) is 7.06. The number of ketones is 1. The minimum atomic E-state index is -1.09. The molecule has 94 valence electrons. The van der Waals surface area contributed by atoms with Crippen molar-refractivity contribution in [3.05, 3.63) is 35.4 Å². The molecule has 0 aliphatic rings. The van der Waals surface area contributed by atoms with Gasteiger partial charge in [-0.3, -0.25) is 9.00 Å². The van der Waals surface area contributed by atoms with Crippen LogP contribution in [0.4, 0.5) is 0 Å². The van der Waals surface area contributed by atoms with Crippen LogP contribution < -0.4 is 0 Å². The molecule has 0 saturated heterocycles. The summed E-state index contributed by atoms with van der Waals surface area (Å²) in [5.41, 5.74) is 1.61. The first-order chi connectivity index (χ1) is 8.15. The molecule has 3 nitrogen and oxygen atoms in total. The van der Waals surface area contributed by atoms with Crippen LogP contribution in [0.15, 0.2) is 24.3 Å². The van der Waals surface area contributed by atoms with Gasteiger partial charge >= 0.3 is 0 Å². The van der Waals surface area contributed by atoms with Crippen LogP contribution >= 0.6 is 0 Å². The third kappa shape index (κ3) is 4.79. The van der Waals surface area contributed by atoms with Crippen LogP contribution in [-0.2, 0) is 15.5 Å². The molecule has 1 unspecified atom stereocenters. The summed E-state index contributed by atoms with van der Waals surface area (Å²) in [6.07, 6.45) is 0.726. The summed E-state index contributed by atoms with van der Waals surface area (Å²) < 4.78 is 16.5. The van der Waals surface area contributed by atoms with E-state index in [-0.39, 0.29) is 11.5 Å². The monoisotopic (exact) mass is 254 g/mol. The number of hydrogen-bond donors (Lipinski definition) is 0. The van der Waals surface area contributed by atoms with Gasteiger partial charge in [0.25, 0.3) is 0 Å². The van der Waals surface area contributed by atoms with Gasteiger partial charge in [-0.05, 0) is 18.9 Å². The Hall–Kier alpha value is -1.00. The number of methoxy groups -OCH3 is 1. The van der Waals surface area contributed by atoms with Gasteiger partial charge in [0.2, 0.25) is 0 Å². The van der Waals surface area contributed by atoms with Crippen molar-refractivity contribution in [3.63, 3.8) is 0 Å². The SMILES string of the molecule is COCCCS(=O)CC(=O)c1ccccc1C. The van der Waals surface area contributed by atoms with Gasteiger partial charge in [-0.25, -0.2) is 0 Å². The molecule has 0 saturated carbocycles. The fourth-order valence-corrected chi connectivity index (χ4v) is 2.58. The molecular formula is C13H18O3S. The van der Waals surface area contributed by atoms with E-state index in [1.807, 2.05) is 25.1 Å². The average Bonchev–Trinajstić information content (AvgIpc) is 2.29. The van der Waals surface area contributed by atoms with Crippen molar-refractivity contribution >= 4 is 16.6 Å². The third-order valence-corrected chi connectivity index (χ3v) is 3.79. The highest BCUT2D eigenvalue weighted by Gasteiger charge is 2.12. The number of rotatable bonds is 7. The third-order valence-electron chi connectivity index (χ3n) is 2.46. The zero-order valence-electron chi connectivity index (χ0n) is 10.3. The molecule has 0 bridgehead atoms. The number of ether oxygens (including phenoxy) is 1. The fourth-order valence-electron chi connectivity index (χ4n) is 1.55. The molecule has 0 aliphatic carbocycles. The maximum atomic E-state index is 11.9. The fraction of sp³-hybridized carbons (Fsp3) is 0.462. The molecule has 0 amide bonds. The number of hydrogen-bond acceptors (Lipinski definition) is 3. The summed E-state index contributed by atoms with van der Waals surface area (Å²) in [5, 5.41) is 0. The molecule has 0 fully saturated rings. The van der Waals surface area contributed by atoms with Gasteiger partial charge in [-0.1, -0.05) is 24.3 Å². The van der Waals surface area contributed by atoms with Gasteiger partial charge in [-0.15, -0.1) is 0 Å². The summed E-state index contributed by atoms with van der Waals surface area (Å²) >= 11 is 0. The first-order valence-electron chi connectivity index (χ1n) is 5.58. The Morgan fingerprint density at radius 3 is 2.71 bits per heavy atom. The van der Waals surface area contributed by atoms with Crippen LogP contribution in [0, 0.1) is 6.92 Å². The van der Waals surface area contributed by atoms with Gasteiger partial charge in [-0.2, -0.15) is 0 Å². The highest BCUT2D eigenvalue weighted by molar-refractivity contribution is 7.85. The lowest BCUT2D eigenvalue weighted by Gasteiger charge is -2.04. The number of aryl methyl sites for hydroxylation is 1. The van der Waals surface area contributed by atoms with Crippen molar-refractivity contribution in [3.8, 4) is 0 Å². The molecule has 1 rings (SSSR count). The predicted molar refractivity (Wildman–Crippen MR) is 69.9 cm³/mol. The second kappa shape index (κ2) is 7.35. The Bertz CT molecular complexity index is 401. The van der Waals surface area contributed by atoms with Gasteiger partial charge in [0.15, 0.2) is 5.78 Å². The minimum absolute atomic E-state index is 0.0427. The van der Waals surface area contributed by atoms with Crippen molar-refractivity contribution < 1.29 is 13.7 Å². The Morgan fingerprint density at radius 2 is 2.06 bits per heavy atom. The van der Waals surface area contributed by atoms with Crippen LogP contribution in [0.2, 0.25) is 0 Å². The predicted octanol–water partition coefficient (Wildman–Crippen LogP) is 1.96. The molecule has 0 radical (unpaired) electrons. The van der Waals surface area contributed by atoms with Crippen molar-refractivity contribution in [2.45, 2.75) is 13.3 Å². The molecule has 1 aromatic carbocycles. The Kier molecular flexibility index (Phi) is 6.08. The molecule has 1 aromatic rings. The number of carbonyl (C=O) groups excluding carboxylic acids is 1. The Labute approximate surface area is 105 Å². The molecule has 17 heavy (non-hydrogen) atoms. The summed E-state index contributed by atoms with van der Waals surface area (Å²) in [4.78, 5) is 11.9. The molecule has 0 heterocycles. The van der Waals surface area contributed by atoms with Crippen molar-refractivity contribution in [2.75, 3.05) is 25.2 Å². The van der Waals surface area contributed by atoms with Crippen molar-refractivity contribution in [1.29, 1.82) is 0 Å². The summed E-state index contributed by atoms with van der Waals surface area (Å²) in [6, 6.07) is 7.39. The van der Waals surface area contributed by atoms with Crippen LogP contribution in [0.3, 0.4) is 0 Å². The van der Waals surface area contributed by atoms with Crippen LogP contribution in [0.1, 0.15) is 22.3 Å². The standard InChI is InChI=1S/C13H18O3S/c1-11-6-3-4-7-12(11)13(14)10-17(15)9-5-8-16-2/h3-4,6-7H,5,8-10H2,1-2H3. The van der Waals surface area contributed by atoms with Crippen molar-refractivity contribution in [2.24, 2.45) is 0 Å². The lowest BCUT2D eigenvalue weighted by atomic mass is 10.1. The van der Waals surface area contributed by atoms with E-state index in [9.17, 15) is 9.00 Å². The van der Waals surface area contributed by atoms with E-state index in [4.69, 9.17) is 4.74 Å². The number of benzene rings is 1. The summed E-state index contributed by atoms with van der Waals surface area (Å²) in [5.74, 6) is 0.582. The molecular weight excluding hydrogens is 236 g/mol. The normalized spacial score (nSPS) is 12.4. The van der Waals surface area contributed by atoms with E-state index in [1.165, 1.54) is 0 Å². The maximum Gasteiger partial charge on any atom is 0.175 e. The second-order valence-electron chi connectivity index (χ2n) is 3.87. The van der Waals surface area contributed by atoms with E-state index in [0.29, 0.717) is 17.9 Å².